The molecule has 0 heterocycles. The normalized spacial score (nSPS) is 11.8. The first kappa shape index (κ1) is 13.6. The standard InChI is InChI=1S/C7H11F3N4O/c1-6(2,4-13-14-11)3-12-5(15)7(8,9)10/h3-4H2,1-2H3,(H,12,15). The highest BCUT2D eigenvalue weighted by atomic mass is 19.4. The summed E-state index contributed by atoms with van der Waals surface area (Å²) in [5.74, 6) is -1.99. The van der Waals surface area contributed by atoms with Gasteiger partial charge in [0.25, 0.3) is 0 Å². The lowest BCUT2D eigenvalue weighted by atomic mass is 9.94. The molecule has 0 aliphatic carbocycles. The van der Waals surface area contributed by atoms with Gasteiger partial charge in [-0.3, -0.25) is 4.79 Å². The molecule has 0 spiro atoms. The van der Waals surface area contributed by atoms with Gasteiger partial charge >= 0.3 is 12.1 Å². The average molecular weight is 224 g/mol. The Morgan fingerprint density at radius 2 is 2.00 bits per heavy atom. The van der Waals surface area contributed by atoms with Crippen molar-refractivity contribution in [2.24, 2.45) is 10.5 Å². The molecule has 0 aliphatic heterocycles. The molecular weight excluding hydrogens is 213 g/mol. The highest BCUT2D eigenvalue weighted by molar-refractivity contribution is 5.81. The van der Waals surface area contributed by atoms with Crippen LogP contribution < -0.4 is 5.32 Å². The van der Waals surface area contributed by atoms with Crippen LogP contribution in [0.25, 0.3) is 10.4 Å². The number of nitrogens with zero attached hydrogens (tertiary/aromatic N) is 3. The van der Waals surface area contributed by atoms with Gasteiger partial charge in [0.15, 0.2) is 0 Å². The number of alkyl halides is 3. The minimum atomic E-state index is -4.88. The first-order valence-electron chi connectivity index (χ1n) is 4.05. The Hall–Kier alpha value is -1.43. The molecule has 0 atom stereocenters. The molecular formula is C7H11F3N4O. The van der Waals surface area contributed by atoms with Crippen molar-refractivity contribution in [3.05, 3.63) is 10.4 Å². The second-order valence-electron chi connectivity index (χ2n) is 3.73. The number of amides is 1. The number of nitrogens with one attached hydrogen (secondary N) is 1. The number of hydrogen-bond donors (Lipinski definition) is 1. The SMILES string of the molecule is CC(C)(CN=[N+]=[N-])CNC(=O)C(F)(F)F. The monoisotopic (exact) mass is 224 g/mol. The van der Waals surface area contributed by atoms with Crippen molar-refractivity contribution >= 4 is 5.91 Å². The van der Waals surface area contributed by atoms with Crippen LogP contribution in [0.5, 0.6) is 0 Å². The van der Waals surface area contributed by atoms with Crippen LogP contribution in [0, 0.1) is 5.41 Å². The Morgan fingerprint density at radius 3 is 2.40 bits per heavy atom. The van der Waals surface area contributed by atoms with E-state index in [-0.39, 0.29) is 13.1 Å². The van der Waals surface area contributed by atoms with Crippen molar-refractivity contribution in [2.75, 3.05) is 13.1 Å². The summed E-state index contributed by atoms with van der Waals surface area (Å²) >= 11 is 0. The predicted molar refractivity (Wildman–Crippen MR) is 46.9 cm³/mol. The van der Waals surface area contributed by atoms with Crippen molar-refractivity contribution in [1.82, 2.24) is 5.32 Å². The van der Waals surface area contributed by atoms with Crippen LogP contribution in [0.4, 0.5) is 13.2 Å². The summed E-state index contributed by atoms with van der Waals surface area (Å²) in [5, 5.41) is 4.96. The molecule has 0 aromatic carbocycles. The zero-order valence-corrected chi connectivity index (χ0v) is 8.30. The Bertz CT molecular complexity index is 280. The van der Waals surface area contributed by atoms with E-state index in [0.717, 1.165) is 0 Å². The molecule has 0 bridgehead atoms. The van der Waals surface area contributed by atoms with E-state index in [1.54, 1.807) is 19.2 Å². The van der Waals surface area contributed by atoms with Crippen LogP contribution in [0.15, 0.2) is 5.11 Å². The van der Waals surface area contributed by atoms with Gasteiger partial charge in [-0.15, -0.1) is 0 Å². The van der Waals surface area contributed by atoms with Gasteiger partial charge in [0.05, 0.1) is 0 Å². The smallest absolute Gasteiger partial charge is 0.348 e. The number of azide groups is 1. The zero-order chi connectivity index (χ0) is 12.1. The molecule has 0 rings (SSSR count). The lowest BCUT2D eigenvalue weighted by Crippen LogP contribution is -2.42. The van der Waals surface area contributed by atoms with E-state index in [4.69, 9.17) is 5.53 Å². The maximum Gasteiger partial charge on any atom is 0.471 e. The van der Waals surface area contributed by atoms with Gasteiger partial charge < -0.3 is 5.32 Å². The summed E-state index contributed by atoms with van der Waals surface area (Å²) < 4.78 is 35.3. The minimum absolute atomic E-state index is 0.0155. The molecule has 5 nitrogen and oxygen atoms in total. The van der Waals surface area contributed by atoms with Crippen molar-refractivity contribution in [1.29, 1.82) is 0 Å². The molecule has 15 heavy (non-hydrogen) atoms. The Kier molecular flexibility index (Phi) is 4.41. The van der Waals surface area contributed by atoms with Crippen molar-refractivity contribution in [3.8, 4) is 0 Å². The maximum absolute atomic E-state index is 11.8. The van der Waals surface area contributed by atoms with Crippen LogP contribution in [0.3, 0.4) is 0 Å². The summed E-state index contributed by atoms with van der Waals surface area (Å²) in [5.41, 5.74) is 7.33. The van der Waals surface area contributed by atoms with Crippen LogP contribution in [-0.2, 0) is 4.79 Å². The summed E-state index contributed by atoms with van der Waals surface area (Å²) in [4.78, 5) is 12.9. The lowest BCUT2D eigenvalue weighted by Gasteiger charge is -2.22. The molecule has 0 unspecified atom stereocenters. The summed E-state index contributed by atoms with van der Waals surface area (Å²) in [6.07, 6.45) is -4.88. The van der Waals surface area contributed by atoms with Gasteiger partial charge in [-0.2, -0.15) is 13.2 Å². The van der Waals surface area contributed by atoms with E-state index in [9.17, 15) is 18.0 Å². The molecule has 0 aromatic rings. The molecule has 8 heteroatoms. The van der Waals surface area contributed by atoms with Gasteiger partial charge in [0.2, 0.25) is 0 Å². The van der Waals surface area contributed by atoms with E-state index in [2.05, 4.69) is 10.0 Å². The maximum atomic E-state index is 11.8. The van der Waals surface area contributed by atoms with E-state index < -0.39 is 17.5 Å². The third kappa shape index (κ3) is 5.79. The minimum Gasteiger partial charge on any atom is -0.348 e. The molecule has 1 N–H and O–H groups in total. The number of carbonyl (C=O) groups is 1. The van der Waals surface area contributed by atoms with Crippen LogP contribution >= 0.6 is 0 Å². The van der Waals surface area contributed by atoms with Gasteiger partial charge in [-0.05, 0) is 10.9 Å². The Morgan fingerprint density at radius 1 is 1.47 bits per heavy atom. The number of hydrogen-bond acceptors (Lipinski definition) is 2. The molecule has 0 fully saturated rings. The van der Waals surface area contributed by atoms with Gasteiger partial charge in [-0.1, -0.05) is 19.0 Å². The highest BCUT2D eigenvalue weighted by Crippen LogP contribution is 2.17. The highest BCUT2D eigenvalue weighted by Gasteiger charge is 2.39. The Labute approximate surface area is 84.3 Å². The van der Waals surface area contributed by atoms with Crippen molar-refractivity contribution in [2.45, 2.75) is 20.0 Å². The quantitative estimate of drug-likeness (QED) is 0.442. The fourth-order valence-electron chi connectivity index (χ4n) is 0.699. The summed E-state index contributed by atoms with van der Waals surface area (Å²) in [6.45, 7) is 2.97. The molecule has 86 valence electrons. The van der Waals surface area contributed by atoms with Gasteiger partial charge in [-0.25, -0.2) is 0 Å². The lowest BCUT2D eigenvalue weighted by molar-refractivity contribution is -0.174. The van der Waals surface area contributed by atoms with Crippen LogP contribution in [-0.4, -0.2) is 25.2 Å². The van der Waals surface area contributed by atoms with E-state index in [1.165, 1.54) is 0 Å². The van der Waals surface area contributed by atoms with Gasteiger partial charge in [0.1, 0.15) is 0 Å². The molecule has 0 radical (unpaired) electrons. The molecule has 0 saturated carbocycles. The van der Waals surface area contributed by atoms with Gasteiger partial charge in [0, 0.05) is 18.0 Å². The molecule has 0 aromatic heterocycles. The van der Waals surface area contributed by atoms with Crippen molar-refractivity contribution < 1.29 is 18.0 Å². The van der Waals surface area contributed by atoms with E-state index in [1.807, 2.05) is 0 Å². The van der Waals surface area contributed by atoms with E-state index in [0.29, 0.717) is 0 Å². The number of rotatable bonds is 4. The Balaban J connectivity index is 4.15. The first-order valence-corrected chi connectivity index (χ1v) is 4.05. The number of carbonyl (C=O) groups excluding carboxylic acids is 1. The second kappa shape index (κ2) is 4.88. The largest absolute Gasteiger partial charge is 0.471 e. The fraction of sp³-hybridized carbons (Fsp3) is 0.857. The third-order valence-corrected chi connectivity index (χ3v) is 1.55. The van der Waals surface area contributed by atoms with Crippen LogP contribution in [0.1, 0.15) is 13.8 Å². The second-order valence-corrected chi connectivity index (χ2v) is 3.73. The fourth-order valence-corrected chi connectivity index (χ4v) is 0.699. The van der Waals surface area contributed by atoms with Crippen LogP contribution in [0.2, 0.25) is 0 Å². The topological polar surface area (TPSA) is 77.9 Å². The predicted octanol–water partition coefficient (Wildman–Crippen LogP) is 2.00. The molecule has 1 amide bonds. The molecule has 0 saturated heterocycles. The molecule has 0 aliphatic rings. The zero-order valence-electron chi connectivity index (χ0n) is 8.30. The average Bonchev–Trinajstić information content (AvgIpc) is 2.09. The van der Waals surface area contributed by atoms with Crippen molar-refractivity contribution in [3.63, 3.8) is 0 Å². The summed E-state index contributed by atoms with van der Waals surface area (Å²) in [7, 11) is 0. The van der Waals surface area contributed by atoms with E-state index >= 15 is 0 Å². The summed E-state index contributed by atoms with van der Waals surface area (Å²) in [6, 6.07) is 0. The third-order valence-electron chi connectivity index (χ3n) is 1.55. The number of halogens is 3. The first-order chi connectivity index (χ1) is 6.69.